The van der Waals surface area contributed by atoms with Gasteiger partial charge in [-0.05, 0) is 12.3 Å². The molecule has 4 nitrogen and oxygen atoms in total. The minimum absolute atomic E-state index is 0.0285. The summed E-state index contributed by atoms with van der Waals surface area (Å²) in [6.07, 6.45) is 0.632. The van der Waals surface area contributed by atoms with Crippen molar-refractivity contribution in [3.8, 4) is 0 Å². The summed E-state index contributed by atoms with van der Waals surface area (Å²) < 4.78 is 27.3. The fourth-order valence-electron chi connectivity index (χ4n) is 1.41. The molecule has 0 bridgehead atoms. The number of hydrogen-bond donors (Lipinski definition) is 0. The fourth-order valence-corrected chi connectivity index (χ4v) is 1.98. The molecule has 0 radical (unpaired) electrons. The van der Waals surface area contributed by atoms with Gasteiger partial charge in [0.1, 0.15) is 15.9 Å². The van der Waals surface area contributed by atoms with Gasteiger partial charge in [-0.1, -0.05) is 20.8 Å². The molecule has 0 heterocycles. The molecule has 0 aliphatic heterocycles. The maximum atomic E-state index is 11.8. The largest absolute Gasteiger partial charge is 0.370 e. The number of rotatable bonds is 6. The topological polar surface area (TPSA) is 60.4 Å². The van der Waals surface area contributed by atoms with Gasteiger partial charge < -0.3 is 4.74 Å². The summed E-state index contributed by atoms with van der Waals surface area (Å²) in [5.74, 6) is -0.245. The van der Waals surface area contributed by atoms with Crippen molar-refractivity contribution in [1.82, 2.24) is 0 Å². The first-order valence-electron chi connectivity index (χ1n) is 5.40. The summed E-state index contributed by atoms with van der Waals surface area (Å²) in [5.41, 5.74) is -0.301. The monoisotopic (exact) mass is 250 g/mol. The number of sulfone groups is 1. The van der Waals surface area contributed by atoms with Crippen LogP contribution in [0.2, 0.25) is 0 Å². The average Bonchev–Trinajstić information content (AvgIpc) is 2.07. The highest BCUT2D eigenvalue weighted by Crippen LogP contribution is 2.24. The molecular weight excluding hydrogens is 228 g/mol. The van der Waals surface area contributed by atoms with Crippen LogP contribution in [-0.2, 0) is 19.4 Å². The molecule has 5 heteroatoms. The molecular formula is C11H22O4S. The number of carbonyl (C=O) groups is 1. The highest BCUT2D eigenvalue weighted by Gasteiger charge is 2.31. The molecule has 0 aliphatic carbocycles. The Morgan fingerprint density at radius 3 is 2.12 bits per heavy atom. The molecule has 0 amide bonds. The lowest BCUT2D eigenvalue weighted by molar-refractivity contribution is -0.136. The Kier molecular flexibility index (Phi) is 5.62. The molecule has 0 saturated carbocycles. The molecule has 1 atom stereocenters. The van der Waals surface area contributed by atoms with Crippen LogP contribution in [0.5, 0.6) is 0 Å². The Hall–Kier alpha value is -0.420. The molecule has 0 rings (SSSR count). The van der Waals surface area contributed by atoms with E-state index in [4.69, 9.17) is 4.74 Å². The predicted octanol–water partition coefficient (Wildman–Crippen LogP) is 1.44. The lowest BCUT2D eigenvalue weighted by Crippen LogP contribution is -2.37. The summed E-state index contributed by atoms with van der Waals surface area (Å²) in [7, 11) is -3.09. The number of ether oxygens (including phenoxy) is 1. The van der Waals surface area contributed by atoms with Crippen molar-refractivity contribution in [2.75, 3.05) is 18.6 Å². The third-order valence-corrected chi connectivity index (χ3v) is 3.08. The molecule has 0 fully saturated rings. The van der Waals surface area contributed by atoms with Crippen molar-refractivity contribution in [2.24, 2.45) is 5.41 Å². The van der Waals surface area contributed by atoms with Gasteiger partial charge in [-0.3, -0.25) is 4.79 Å². The van der Waals surface area contributed by atoms with E-state index in [1.54, 1.807) is 0 Å². The van der Waals surface area contributed by atoms with Crippen molar-refractivity contribution < 1.29 is 17.9 Å². The van der Waals surface area contributed by atoms with E-state index >= 15 is 0 Å². The Labute approximate surface area is 98.3 Å². The number of hydrogen-bond acceptors (Lipinski definition) is 4. The molecule has 0 aromatic carbocycles. The van der Waals surface area contributed by atoms with E-state index in [1.807, 2.05) is 27.7 Å². The smallest absolute Gasteiger partial charge is 0.163 e. The Bertz CT molecular complexity index is 324. The van der Waals surface area contributed by atoms with Crippen molar-refractivity contribution in [2.45, 2.75) is 40.2 Å². The zero-order chi connectivity index (χ0) is 13.0. The maximum Gasteiger partial charge on any atom is 0.163 e. The summed E-state index contributed by atoms with van der Waals surface area (Å²) >= 11 is 0. The van der Waals surface area contributed by atoms with Crippen LogP contribution in [0.4, 0.5) is 0 Å². The van der Waals surface area contributed by atoms with Gasteiger partial charge >= 0.3 is 0 Å². The van der Waals surface area contributed by atoms with Gasteiger partial charge in [-0.2, -0.15) is 0 Å². The van der Waals surface area contributed by atoms with Crippen LogP contribution in [0.25, 0.3) is 0 Å². The van der Waals surface area contributed by atoms with E-state index < -0.39 is 15.9 Å². The van der Waals surface area contributed by atoms with Gasteiger partial charge in [0.05, 0.1) is 5.75 Å². The first-order chi connectivity index (χ1) is 7.08. The summed E-state index contributed by atoms with van der Waals surface area (Å²) in [5, 5.41) is 0. The van der Waals surface area contributed by atoms with Crippen LogP contribution >= 0.6 is 0 Å². The summed E-state index contributed by atoms with van der Waals surface area (Å²) in [6, 6.07) is 0. The van der Waals surface area contributed by atoms with Crippen molar-refractivity contribution in [3.05, 3.63) is 0 Å². The molecule has 96 valence electrons. The van der Waals surface area contributed by atoms with E-state index in [0.29, 0.717) is 6.61 Å². The van der Waals surface area contributed by atoms with Crippen molar-refractivity contribution in [1.29, 1.82) is 0 Å². The highest BCUT2D eigenvalue weighted by molar-refractivity contribution is 7.90. The van der Waals surface area contributed by atoms with Crippen LogP contribution in [0.3, 0.4) is 0 Å². The van der Waals surface area contributed by atoms with Gasteiger partial charge in [0, 0.05) is 19.3 Å². The second kappa shape index (κ2) is 5.77. The molecule has 0 aliphatic rings. The number of carbonyl (C=O) groups excluding carboxylic acids is 1. The van der Waals surface area contributed by atoms with E-state index in [2.05, 4.69) is 0 Å². The van der Waals surface area contributed by atoms with Crippen LogP contribution in [0, 0.1) is 5.41 Å². The second-order valence-electron chi connectivity index (χ2n) is 5.05. The Morgan fingerprint density at radius 2 is 1.81 bits per heavy atom. The van der Waals surface area contributed by atoms with E-state index in [-0.39, 0.29) is 23.4 Å². The normalized spacial score (nSPS) is 14.8. The Balaban J connectivity index is 4.52. The molecule has 0 saturated heterocycles. The molecule has 0 aromatic heterocycles. The van der Waals surface area contributed by atoms with Gasteiger partial charge in [0.2, 0.25) is 0 Å². The molecule has 0 aromatic rings. The number of ketones is 1. The first-order valence-corrected chi connectivity index (χ1v) is 7.46. The fraction of sp³-hybridized carbons (Fsp3) is 0.909. The average molecular weight is 250 g/mol. The molecule has 0 N–H and O–H groups in total. The molecule has 0 spiro atoms. The maximum absolute atomic E-state index is 11.8. The minimum Gasteiger partial charge on any atom is -0.370 e. The summed E-state index contributed by atoms with van der Waals surface area (Å²) in [6.45, 7) is 8.00. The summed E-state index contributed by atoms with van der Waals surface area (Å²) in [4.78, 5) is 11.8. The SMILES string of the molecule is CCOC(C(=O)CCS(C)(=O)=O)C(C)(C)C. The quantitative estimate of drug-likeness (QED) is 0.715. The van der Waals surface area contributed by atoms with Gasteiger partial charge in [0.15, 0.2) is 5.78 Å². The van der Waals surface area contributed by atoms with Crippen LogP contribution < -0.4 is 0 Å². The molecule has 1 unspecified atom stereocenters. The van der Waals surface area contributed by atoms with E-state index in [1.165, 1.54) is 0 Å². The van der Waals surface area contributed by atoms with Crippen molar-refractivity contribution >= 4 is 15.6 Å². The third kappa shape index (κ3) is 6.23. The van der Waals surface area contributed by atoms with E-state index in [9.17, 15) is 13.2 Å². The van der Waals surface area contributed by atoms with Gasteiger partial charge in [-0.15, -0.1) is 0 Å². The minimum atomic E-state index is -3.09. The van der Waals surface area contributed by atoms with Gasteiger partial charge in [-0.25, -0.2) is 8.42 Å². The third-order valence-electron chi connectivity index (χ3n) is 2.13. The standard InChI is InChI=1S/C11H22O4S/c1-6-15-10(11(2,3)4)9(12)7-8-16(5,13)14/h10H,6-8H2,1-5H3. The zero-order valence-electron chi connectivity index (χ0n) is 10.7. The second-order valence-corrected chi connectivity index (χ2v) is 7.31. The van der Waals surface area contributed by atoms with Crippen molar-refractivity contribution in [3.63, 3.8) is 0 Å². The highest BCUT2D eigenvalue weighted by atomic mass is 32.2. The lowest BCUT2D eigenvalue weighted by atomic mass is 9.85. The first kappa shape index (κ1) is 15.6. The van der Waals surface area contributed by atoms with Crippen LogP contribution in [-0.4, -0.2) is 38.9 Å². The van der Waals surface area contributed by atoms with E-state index in [0.717, 1.165) is 6.26 Å². The van der Waals surface area contributed by atoms with Crippen LogP contribution in [0.15, 0.2) is 0 Å². The predicted molar refractivity (Wildman–Crippen MR) is 64.2 cm³/mol. The Morgan fingerprint density at radius 1 is 1.31 bits per heavy atom. The molecule has 16 heavy (non-hydrogen) atoms. The zero-order valence-corrected chi connectivity index (χ0v) is 11.6. The van der Waals surface area contributed by atoms with Gasteiger partial charge in [0.25, 0.3) is 0 Å². The van der Waals surface area contributed by atoms with Crippen LogP contribution in [0.1, 0.15) is 34.1 Å². The lowest BCUT2D eigenvalue weighted by Gasteiger charge is -2.29. The number of Topliss-reactive ketones (excluding diaryl/α,β-unsaturated/α-hetero) is 1.